The van der Waals surface area contributed by atoms with Gasteiger partial charge in [0.2, 0.25) is 4.80 Å². The topological polar surface area (TPSA) is 38.9 Å². The Morgan fingerprint density at radius 1 is 1.14 bits per heavy atom. The van der Waals surface area contributed by atoms with Crippen LogP contribution < -0.4 is 9.54 Å². The van der Waals surface area contributed by atoms with Crippen LogP contribution in [0.4, 0.5) is 13.2 Å². The van der Waals surface area contributed by atoms with E-state index in [2.05, 4.69) is 21.4 Å². The van der Waals surface area contributed by atoms with Gasteiger partial charge in [0.05, 0.1) is 18.5 Å². The quantitative estimate of drug-likeness (QED) is 0.407. The van der Waals surface area contributed by atoms with E-state index in [0.717, 1.165) is 0 Å². The molecule has 0 saturated heterocycles. The Labute approximate surface area is 163 Å². The van der Waals surface area contributed by atoms with Gasteiger partial charge < -0.3 is 4.74 Å². The second-order valence-electron chi connectivity index (χ2n) is 5.52. The highest BCUT2D eigenvalue weighted by Crippen LogP contribution is 2.23. The monoisotopic (exact) mass is 403 g/mol. The second kappa shape index (κ2) is 9.18. The van der Waals surface area contributed by atoms with Crippen molar-refractivity contribution in [3.63, 3.8) is 0 Å². The summed E-state index contributed by atoms with van der Waals surface area (Å²) < 4.78 is 44.6. The molecule has 0 spiro atoms. The van der Waals surface area contributed by atoms with Crippen LogP contribution in [0, 0.1) is 5.82 Å². The van der Waals surface area contributed by atoms with Gasteiger partial charge in [-0.25, -0.2) is 9.07 Å². The molecule has 0 aliphatic rings. The van der Waals surface area contributed by atoms with Gasteiger partial charge in [-0.2, -0.15) is 13.9 Å². The van der Waals surface area contributed by atoms with Crippen molar-refractivity contribution >= 4 is 17.6 Å². The fraction of sp³-hybridized carbons (Fsp3) is 0.100. The van der Waals surface area contributed by atoms with Gasteiger partial charge in [-0.1, -0.05) is 18.2 Å². The van der Waals surface area contributed by atoms with Crippen molar-refractivity contribution in [2.75, 3.05) is 6.54 Å². The third-order valence-corrected chi connectivity index (χ3v) is 4.47. The zero-order valence-corrected chi connectivity index (χ0v) is 15.5. The summed E-state index contributed by atoms with van der Waals surface area (Å²) in [4.78, 5) is 4.96. The molecule has 3 aromatic rings. The molecule has 0 aliphatic heterocycles. The summed E-state index contributed by atoms with van der Waals surface area (Å²) in [5.41, 5.74) is 1.62. The molecule has 4 nitrogen and oxygen atoms in total. The fourth-order valence-electron chi connectivity index (χ4n) is 2.38. The van der Waals surface area contributed by atoms with Gasteiger partial charge in [0.1, 0.15) is 11.6 Å². The van der Waals surface area contributed by atoms with E-state index in [-0.39, 0.29) is 11.6 Å². The maximum absolute atomic E-state index is 14.2. The van der Waals surface area contributed by atoms with Crippen LogP contribution in [0.3, 0.4) is 0 Å². The lowest BCUT2D eigenvalue weighted by Gasteiger charge is -2.05. The molecule has 0 unspecified atom stereocenters. The molecule has 0 atom stereocenters. The minimum absolute atomic E-state index is 0.0593. The molecule has 0 bridgehead atoms. The molecular weight excluding hydrogens is 387 g/mol. The van der Waals surface area contributed by atoms with Crippen LogP contribution in [-0.4, -0.2) is 24.0 Å². The van der Waals surface area contributed by atoms with Gasteiger partial charge in [-0.15, -0.1) is 17.9 Å². The zero-order valence-electron chi connectivity index (χ0n) is 14.6. The third-order valence-electron chi connectivity index (χ3n) is 3.62. The smallest absolute Gasteiger partial charge is 0.387 e. The van der Waals surface area contributed by atoms with Crippen molar-refractivity contribution in [3.05, 3.63) is 82.7 Å². The molecular formula is C20H16F3N3OS. The Bertz CT molecular complexity index is 1040. The summed E-state index contributed by atoms with van der Waals surface area (Å²) >= 11 is 1.33. The lowest BCUT2D eigenvalue weighted by molar-refractivity contribution is -0.0498. The molecule has 1 aromatic heterocycles. The van der Waals surface area contributed by atoms with E-state index in [1.54, 1.807) is 41.8 Å². The highest BCUT2D eigenvalue weighted by molar-refractivity contribution is 7.07. The van der Waals surface area contributed by atoms with Gasteiger partial charge in [0, 0.05) is 10.9 Å². The molecule has 28 heavy (non-hydrogen) atoms. The van der Waals surface area contributed by atoms with Gasteiger partial charge in [0.15, 0.2) is 0 Å². The minimum Gasteiger partial charge on any atom is -0.435 e. The summed E-state index contributed by atoms with van der Waals surface area (Å²) in [5, 5.41) is 6.19. The third kappa shape index (κ3) is 4.77. The number of aromatic nitrogens is 1. The standard InChI is InChI=1S/C20H16F3N3OS/c1-2-11-24-20-26(18(13-28-20)16-5-3-4-6-17(16)21)25-12-14-7-9-15(10-8-14)27-19(22)23/h2-10,12-13,19H,1,11H2/b24-20?,25-12+. The summed E-state index contributed by atoms with van der Waals surface area (Å²) in [7, 11) is 0. The molecule has 3 rings (SSSR count). The summed E-state index contributed by atoms with van der Waals surface area (Å²) in [5.74, 6) is -0.308. The van der Waals surface area contributed by atoms with E-state index < -0.39 is 6.61 Å². The van der Waals surface area contributed by atoms with E-state index in [4.69, 9.17) is 0 Å². The van der Waals surface area contributed by atoms with Crippen LogP contribution in [-0.2, 0) is 0 Å². The van der Waals surface area contributed by atoms with E-state index in [0.29, 0.717) is 28.2 Å². The second-order valence-corrected chi connectivity index (χ2v) is 6.35. The van der Waals surface area contributed by atoms with E-state index in [1.165, 1.54) is 40.4 Å². The molecule has 144 valence electrons. The van der Waals surface area contributed by atoms with Gasteiger partial charge in [-0.3, -0.25) is 4.99 Å². The number of alkyl halides is 2. The predicted molar refractivity (Wildman–Crippen MR) is 104 cm³/mol. The number of rotatable bonds is 7. The van der Waals surface area contributed by atoms with Crippen molar-refractivity contribution in [3.8, 4) is 17.0 Å². The first-order valence-corrected chi connectivity index (χ1v) is 9.12. The van der Waals surface area contributed by atoms with Gasteiger partial charge in [-0.05, 0) is 42.0 Å². The van der Waals surface area contributed by atoms with Crippen molar-refractivity contribution in [1.29, 1.82) is 0 Å². The Kier molecular flexibility index (Phi) is 6.44. The Morgan fingerprint density at radius 3 is 2.57 bits per heavy atom. The van der Waals surface area contributed by atoms with Crippen LogP contribution in [0.25, 0.3) is 11.3 Å². The Morgan fingerprint density at radius 2 is 1.89 bits per heavy atom. The van der Waals surface area contributed by atoms with E-state index >= 15 is 0 Å². The molecule has 0 aliphatic carbocycles. The van der Waals surface area contributed by atoms with Crippen molar-refractivity contribution in [1.82, 2.24) is 4.68 Å². The van der Waals surface area contributed by atoms with Gasteiger partial charge in [0.25, 0.3) is 0 Å². The predicted octanol–water partition coefficient (Wildman–Crippen LogP) is 4.93. The summed E-state index contributed by atoms with van der Waals surface area (Å²) in [6.45, 7) is 1.16. The molecule has 0 radical (unpaired) electrons. The highest BCUT2D eigenvalue weighted by atomic mass is 32.1. The maximum Gasteiger partial charge on any atom is 0.387 e. The normalized spacial score (nSPS) is 12.1. The molecule has 0 saturated carbocycles. The number of nitrogens with zero attached hydrogens (tertiary/aromatic N) is 3. The van der Waals surface area contributed by atoms with Crippen LogP contribution in [0.1, 0.15) is 5.56 Å². The van der Waals surface area contributed by atoms with Crippen molar-refractivity contribution < 1.29 is 17.9 Å². The van der Waals surface area contributed by atoms with Gasteiger partial charge >= 0.3 is 6.61 Å². The van der Waals surface area contributed by atoms with Crippen LogP contribution in [0.15, 0.2) is 76.7 Å². The fourth-order valence-corrected chi connectivity index (χ4v) is 3.21. The number of halogens is 3. The minimum atomic E-state index is -2.88. The highest BCUT2D eigenvalue weighted by Gasteiger charge is 2.11. The summed E-state index contributed by atoms with van der Waals surface area (Å²) in [6, 6.07) is 12.4. The Balaban J connectivity index is 1.97. The number of thiazole rings is 1. The van der Waals surface area contributed by atoms with E-state index in [1.807, 2.05) is 0 Å². The first kappa shape index (κ1) is 19.6. The lowest BCUT2D eigenvalue weighted by atomic mass is 10.1. The van der Waals surface area contributed by atoms with Crippen LogP contribution in [0.5, 0.6) is 5.75 Å². The Hall–Kier alpha value is -3.13. The lowest BCUT2D eigenvalue weighted by Crippen LogP contribution is -2.12. The molecule has 0 amide bonds. The van der Waals surface area contributed by atoms with Crippen LogP contribution in [0.2, 0.25) is 0 Å². The summed E-state index contributed by atoms with van der Waals surface area (Å²) in [6.07, 6.45) is 3.19. The SMILES string of the molecule is C=CCN=c1scc(-c2ccccc2F)n1/N=C/c1ccc(OC(F)F)cc1. The molecule has 8 heteroatoms. The van der Waals surface area contributed by atoms with Crippen molar-refractivity contribution in [2.45, 2.75) is 6.61 Å². The average molecular weight is 403 g/mol. The molecule has 0 N–H and O–H groups in total. The molecule has 2 aromatic carbocycles. The van der Waals surface area contributed by atoms with Crippen LogP contribution >= 0.6 is 11.3 Å². The number of ether oxygens (including phenoxy) is 1. The first-order chi connectivity index (χ1) is 13.6. The first-order valence-electron chi connectivity index (χ1n) is 8.24. The largest absolute Gasteiger partial charge is 0.435 e. The maximum atomic E-state index is 14.2. The zero-order chi connectivity index (χ0) is 19.9. The molecule has 0 fully saturated rings. The van der Waals surface area contributed by atoms with E-state index in [9.17, 15) is 13.2 Å². The number of hydrogen-bond acceptors (Lipinski definition) is 4. The van der Waals surface area contributed by atoms with Crippen molar-refractivity contribution in [2.24, 2.45) is 10.1 Å². The average Bonchev–Trinajstić information content (AvgIpc) is 3.08. The number of hydrogen-bond donors (Lipinski definition) is 0. The number of benzene rings is 2. The molecule has 1 heterocycles.